The van der Waals surface area contributed by atoms with E-state index in [-0.39, 0.29) is 17.5 Å². The van der Waals surface area contributed by atoms with Crippen LogP contribution in [0.15, 0.2) is 39.5 Å². The minimum atomic E-state index is 0.0311. The van der Waals surface area contributed by atoms with E-state index in [1.54, 1.807) is 12.1 Å². The molecule has 2 heterocycles. The largest absolute Gasteiger partial charge is 0.507 e. The third-order valence-electron chi connectivity index (χ3n) is 2.63. The van der Waals surface area contributed by atoms with E-state index in [4.69, 9.17) is 27.7 Å². The van der Waals surface area contributed by atoms with Crippen molar-refractivity contribution in [3.05, 3.63) is 45.0 Å². The first kappa shape index (κ1) is 14.3. The van der Waals surface area contributed by atoms with Gasteiger partial charge in [0.15, 0.2) is 0 Å². The summed E-state index contributed by atoms with van der Waals surface area (Å²) in [4.78, 5) is 8.27. The Morgan fingerprint density at radius 3 is 2.76 bits per heavy atom. The Labute approximate surface area is 137 Å². The highest BCUT2D eigenvalue weighted by Crippen LogP contribution is 2.33. The molecule has 0 amide bonds. The van der Waals surface area contributed by atoms with Crippen molar-refractivity contribution in [2.45, 2.75) is 0 Å². The molecular formula is C13H6BrCl2N3O2. The van der Waals surface area contributed by atoms with Gasteiger partial charge < -0.3 is 9.63 Å². The SMILES string of the molecule is Oc1ccc(Br)cc1-c1nc(-c2ncc(Cl)cc2Cl)no1. The van der Waals surface area contributed by atoms with Crippen LogP contribution in [0.2, 0.25) is 10.0 Å². The van der Waals surface area contributed by atoms with Crippen molar-refractivity contribution in [1.29, 1.82) is 0 Å². The minimum Gasteiger partial charge on any atom is -0.507 e. The molecule has 0 aliphatic heterocycles. The van der Waals surface area contributed by atoms with E-state index in [1.165, 1.54) is 18.3 Å². The van der Waals surface area contributed by atoms with E-state index in [9.17, 15) is 5.11 Å². The third-order valence-corrected chi connectivity index (χ3v) is 3.62. The summed E-state index contributed by atoms with van der Waals surface area (Å²) in [7, 11) is 0. The molecule has 0 unspecified atom stereocenters. The van der Waals surface area contributed by atoms with Crippen LogP contribution < -0.4 is 0 Å². The first-order valence-corrected chi connectivity index (χ1v) is 7.23. The predicted octanol–water partition coefficient (Wildman–Crippen LogP) is 4.57. The summed E-state index contributed by atoms with van der Waals surface area (Å²) in [6.45, 7) is 0. The fraction of sp³-hybridized carbons (Fsp3) is 0. The van der Waals surface area contributed by atoms with Crippen molar-refractivity contribution in [1.82, 2.24) is 15.1 Å². The first-order valence-electron chi connectivity index (χ1n) is 5.68. The zero-order valence-corrected chi connectivity index (χ0v) is 13.3. The number of phenols is 1. The van der Waals surface area contributed by atoms with Gasteiger partial charge >= 0.3 is 0 Å². The average molecular weight is 387 g/mol. The van der Waals surface area contributed by atoms with Crippen molar-refractivity contribution >= 4 is 39.1 Å². The van der Waals surface area contributed by atoms with Gasteiger partial charge in [0.2, 0.25) is 5.82 Å². The molecule has 3 rings (SSSR count). The normalized spacial score (nSPS) is 10.8. The molecule has 1 N–H and O–H groups in total. The fourth-order valence-corrected chi connectivity index (χ4v) is 2.51. The molecule has 2 aromatic heterocycles. The summed E-state index contributed by atoms with van der Waals surface area (Å²) < 4.78 is 5.93. The zero-order valence-electron chi connectivity index (χ0n) is 10.2. The molecule has 106 valence electrons. The van der Waals surface area contributed by atoms with Crippen LogP contribution in [0.1, 0.15) is 0 Å². The van der Waals surface area contributed by atoms with Gasteiger partial charge in [-0.2, -0.15) is 4.98 Å². The number of hydrogen-bond donors (Lipinski definition) is 1. The van der Waals surface area contributed by atoms with E-state index in [0.29, 0.717) is 21.3 Å². The number of nitrogens with zero attached hydrogens (tertiary/aromatic N) is 3. The van der Waals surface area contributed by atoms with Crippen molar-refractivity contribution in [3.63, 3.8) is 0 Å². The van der Waals surface area contributed by atoms with Crippen LogP contribution >= 0.6 is 39.1 Å². The lowest BCUT2D eigenvalue weighted by atomic mass is 10.2. The molecule has 0 saturated carbocycles. The average Bonchev–Trinajstić information content (AvgIpc) is 2.91. The van der Waals surface area contributed by atoms with Gasteiger partial charge in [-0.05, 0) is 24.3 Å². The molecule has 0 spiro atoms. The monoisotopic (exact) mass is 385 g/mol. The van der Waals surface area contributed by atoms with Crippen molar-refractivity contribution in [2.75, 3.05) is 0 Å². The van der Waals surface area contributed by atoms with Crippen LogP contribution in [0.5, 0.6) is 5.75 Å². The van der Waals surface area contributed by atoms with Crippen LogP contribution in [0.4, 0.5) is 0 Å². The number of halogens is 3. The van der Waals surface area contributed by atoms with Crippen LogP contribution in [0.3, 0.4) is 0 Å². The third kappa shape index (κ3) is 2.88. The van der Waals surface area contributed by atoms with Gasteiger partial charge in [-0.15, -0.1) is 0 Å². The number of aromatic hydroxyl groups is 1. The number of hydrogen-bond acceptors (Lipinski definition) is 5. The van der Waals surface area contributed by atoms with Gasteiger partial charge in [0.05, 0.1) is 15.6 Å². The second kappa shape index (κ2) is 5.63. The van der Waals surface area contributed by atoms with E-state index in [2.05, 4.69) is 31.1 Å². The molecule has 0 fully saturated rings. The molecular weight excluding hydrogens is 381 g/mol. The molecule has 1 aromatic carbocycles. The van der Waals surface area contributed by atoms with Gasteiger partial charge in [0.25, 0.3) is 5.89 Å². The van der Waals surface area contributed by atoms with Crippen molar-refractivity contribution < 1.29 is 9.63 Å². The van der Waals surface area contributed by atoms with E-state index in [0.717, 1.165) is 4.47 Å². The van der Waals surface area contributed by atoms with Crippen molar-refractivity contribution in [2.24, 2.45) is 0 Å². The number of phenolic OH excluding ortho intramolecular Hbond substituents is 1. The zero-order chi connectivity index (χ0) is 15.0. The lowest BCUT2D eigenvalue weighted by molar-refractivity contribution is 0.425. The maximum atomic E-state index is 9.85. The maximum absolute atomic E-state index is 9.85. The highest BCUT2D eigenvalue weighted by Gasteiger charge is 2.17. The summed E-state index contributed by atoms with van der Waals surface area (Å²) in [5.74, 6) is 0.409. The van der Waals surface area contributed by atoms with Gasteiger partial charge in [-0.3, -0.25) is 0 Å². The molecule has 0 atom stereocenters. The van der Waals surface area contributed by atoms with E-state index >= 15 is 0 Å². The molecule has 3 aromatic rings. The number of rotatable bonds is 2. The topological polar surface area (TPSA) is 72.0 Å². The lowest BCUT2D eigenvalue weighted by Gasteiger charge is -1.99. The molecule has 0 bridgehead atoms. The Morgan fingerprint density at radius 2 is 2.00 bits per heavy atom. The van der Waals surface area contributed by atoms with Crippen LogP contribution in [0, 0.1) is 0 Å². The van der Waals surface area contributed by atoms with Crippen LogP contribution in [0.25, 0.3) is 23.0 Å². The smallest absolute Gasteiger partial charge is 0.262 e. The predicted molar refractivity (Wildman–Crippen MR) is 82.3 cm³/mol. The lowest BCUT2D eigenvalue weighted by Crippen LogP contribution is -1.87. The minimum absolute atomic E-state index is 0.0311. The number of aromatic nitrogens is 3. The number of pyridine rings is 1. The summed E-state index contributed by atoms with van der Waals surface area (Å²) in [6.07, 6.45) is 1.44. The molecule has 0 saturated heterocycles. The Balaban J connectivity index is 2.06. The van der Waals surface area contributed by atoms with E-state index < -0.39 is 0 Å². The van der Waals surface area contributed by atoms with Gasteiger partial charge in [0, 0.05) is 10.7 Å². The second-order valence-electron chi connectivity index (χ2n) is 4.07. The van der Waals surface area contributed by atoms with Crippen LogP contribution in [-0.2, 0) is 0 Å². The summed E-state index contributed by atoms with van der Waals surface area (Å²) in [5, 5.41) is 14.4. The maximum Gasteiger partial charge on any atom is 0.262 e. The molecule has 0 aliphatic carbocycles. The Bertz CT molecular complexity index is 823. The van der Waals surface area contributed by atoms with Gasteiger partial charge in [-0.1, -0.05) is 44.3 Å². The van der Waals surface area contributed by atoms with Gasteiger partial charge in [-0.25, -0.2) is 4.98 Å². The van der Waals surface area contributed by atoms with Crippen molar-refractivity contribution in [3.8, 4) is 28.7 Å². The van der Waals surface area contributed by atoms with Gasteiger partial charge in [0.1, 0.15) is 11.4 Å². The molecule has 21 heavy (non-hydrogen) atoms. The van der Waals surface area contributed by atoms with Crippen LogP contribution in [-0.4, -0.2) is 20.2 Å². The molecule has 0 aliphatic rings. The number of benzene rings is 1. The first-order chi connectivity index (χ1) is 10.0. The Kier molecular flexibility index (Phi) is 3.84. The molecule has 5 nitrogen and oxygen atoms in total. The summed E-state index contributed by atoms with van der Waals surface area (Å²) >= 11 is 15.2. The quantitative estimate of drug-likeness (QED) is 0.698. The van der Waals surface area contributed by atoms with E-state index in [1.807, 2.05) is 0 Å². The fourth-order valence-electron chi connectivity index (χ4n) is 1.69. The second-order valence-corrected chi connectivity index (χ2v) is 5.83. The highest BCUT2D eigenvalue weighted by molar-refractivity contribution is 9.10. The highest BCUT2D eigenvalue weighted by atomic mass is 79.9. The standard InChI is InChI=1S/C13H6BrCl2N3O2/c14-6-1-2-10(20)8(3-6)13-18-12(19-21-13)11-9(16)4-7(15)5-17-11/h1-5,20H. The summed E-state index contributed by atoms with van der Waals surface area (Å²) in [5.41, 5.74) is 0.763. The molecule has 0 radical (unpaired) electrons. The summed E-state index contributed by atoms with van der Waals surface area (Å²) in [6, 6.07) is 6.44. The molecule has 8 heteroatoms. The Hall–Kier alpha value is -1.63. The Morgan fingerprint density at radius 1 is 1.19 bits per heavy atom.